The average Bonchev–Trinajstić information content (AvgIpc) is 2.71. The van der Waals surface area contributed by atoms with Crippen LogP contribution in [0.5, 0.6) is 0 Å². The van der Waals surface area contributed by atoms with E-state index in [9.17, 15) is 0 Å². The fourth-order valence-electron chi connectivity index (χ4n) is 1.32. The lowest BCUT2D eigenvalue weighted by Crippen LogP contribution is -2.37. The Labute approximate surface area is 67.6 Å². The van der Waals surface area contributed by atoms with Gasteiger partial charge in [0.25, 0.3) is 0 Å². The van der Waals surface area contributed by atoms with Gasteiger partial charge in [-0.1, -0.05) is 13.8 Å². The van der Waals surface area contributed by atoms with Crippen molar-refractivity contribution >= 4 is 0 Å². The van der Waals surface area contributed by atoms with Crippen molar-refractivity contribution in [1.82, 2.24) is 0 Å². The number of rotatable bonds is 4. The summed E-state index contributed by atoms with van der Waals surface area (Å²) in [6, 6.07) is 0. The Morgan fingerprint density at radius 2 is 1.73 bits per heavy atom. The Morgan fingerprint density at radius 1 is 1.27 bits per heavy atom. The largest absolute Gasteiger partial charge is 0.364 e. The van der Waals surface area contributed by atoms with Crippen LogP contribution in [0.1, 0.15) is 13.8 Å². The average molecular weight is 160 g/mol. The molecular formula is C8H16O3. The third kappa shape index (κ3) is 1.41. The predicted molar refractivity (Wildman–Crippen MR) is 41.3 cm³/mol. The Morgan fingerprint density at radius 3 is 1.82 bits per heavy atom. The van der Waals surface area contributed by atoms with Gasteiger partial charge in [-0.2, -0.15) is 0 Å². The number of hydrogen-bond acceptors (Lipinski definition) is 3. The molecular weight excluding hydrogens is 144 g/mol. The lowest BCUT2D eigenvalue weighted by atomic mass is 9.96. The van der Waals surface area contributed by atoms with E-state index >= 15 is 0 Å². The zero-order valence-electron chi connectivity index (χ0n) is 7.59. The second kappa shape index (κ2) is 3.09. The molecule has 1 atom stereocenters. The molecule has 1 rings (SSSR count). The number of ether oxygens (including phenoxy) is 3. The Balaban J connectivity index is 2.55. The molecule has 0 aromatic rings. The highest BCUT2D eigenvalue weighted by atomic mass is 16.7. The standard InChI is InChI=1S/C8H16O3/c1-6(2)8(5-11-8)7(9-3)10-4/h6-7H,5H2,1-4H3. The van der Waals surface area contributed by atoms with Crippen molar-refractivity contribution in [1.29, 1.82) is 0 Å². The normalized spacial score (nSPS) is 30.0. The quantitative estimate of drug-likeness (QED) is 0.454. The summed E-state index contributed by atoms with van der Waals surface area (Å²) < 4.78 is 15.6. The van der Waals surface area contributed by atoms with Gasteiger partial charge in [-0.25, -0.2) is 0 Å². The number of hydrogen-bond donors (Lipinski definition) is 0. The molecule has 1 heterocycles. The second-order valence-electron chi connectivity index (χ2n) is 3.20. The molecule has 0 spiro atoms. The summed E-state index contributed by atoms with van der Waals surface area (Å²) in [5, 5.41) is 0. The van der Waals surface area contributed by atoms with Crippen LogP contribution in [0.25, 0.3) is 0 Å². The lowest BCUT2D eigenvalue weighted by molar-refractivity contribution is -0.155. The minimum Gasteiger partial charge on any atom is -0.364 e. The first-order valence-electron chi connectivity index (χ1n) is 3.87. The van der Waals surface area contributed by atoms with Crippen molar-refractivity contribution in [3.8, 4) is 0 Å². The van der Waals surface area contributed by atoms with Crippen molar-refractivity contribution in [2.24, 2.45) is 5.92 Å². The monoisotopic (exact) mass is 160 g/mol. The molecule has 0 amide bonds. The van der Waals surface area contributed by atoms with E-state index in [1.165, 1.54) is 0 Å². The van der Waals surface area contributed by atoms with E-state index in [1.54, 1.807) is 14.2 Å². The van der Waals surface area contributed by atoms with Gasteiger partial charge >= 0.3 is 0 Å². The fourth-order valence-corrected chi connectivity index (χ4v) is 1.32. The summed E-state index contributed by atoms with van der Waals surface area (Å²) in [6.07, 6.45) is -0.220. The number of epoxide rings is 1. The van der Waals surface area contributed by atoms with Crippen LogP contribution in [0.3, 0.4) is 0 Å². The van der Waals surface area contributed by atoms with Crippen LogP contribution in [0, 0.1) is 5.92 Å². The highest BCUT2D eigenvalue weighted by molar-refractivity contribution is 4.98. The van der Waals surface area contributed by atoms with Crippen LogP contribution in [0.15, 0.2) is 0 Å². The molecule has 1 fully saturated rings. The van der Waals surface area contributed by atoms with Crippen molar-refractivity contribution in [3.63, 3.8) is 0 Å². The highest BCUT2D eigenvalue weighted by Gasteiger charge is 2.55. The van der Waals surface area contributed by atoms with Gasteiger partial charge in [-0.05, 0) is 5.92 Å². The smallest absolute Gasteiger partial charge is 0.188 e. The topological polar surface area (TPSA) is 31.0 Å². The summed E-state index contributed by atoms with van der Waals surface area (Å²) in [6.45, 7) is 4.97. The first kappa shape index (κ1) is 8.97. The molecule has 3 nitrogen and oxygen atoms in total. The third-order valence-electron chi connectivity index (χ3n) is 2.28. The van der Waals surface area contributed by atoms with E-state index in [4.69, 9.17) is 14.2 Å². The molecule has 66 valence electrons. The van der Waals surface area contributed by atoms with Gasteiger partial charge in [-0.3, -0.25) is 0 Å². The van der Waals surface area contributed by atoms with Gasteiger partial charge in [0.1, 0.15) is 5.60 Å². The van der Waals surface area contributed by atoms with Crippen LogP contribution in [0.2, 0.25) is 0 Å². The molecule has 1 saturated heterocycles. The van der Waals surface area contributed by atoms with E-state index in [1.807, 2.05) is 0 Å². The van der Waals surface area contributed by atoms with E-state index in [2.05, 4.69) is 13.8 Å². The van der Waals surface area contributed by atoms with Gasteiger partial charge in [-0.15, -0.1) is 0 Å². The molecule has 11 heavy (non-hydrogen) atoms. The van der Waals surface area contributed by atoms with Gasteiger partial charge in [0.2, 0.25) is 0 Å². The highest BCUT2D eigenvalue weighted by Crippen LogP contribution is 2.39. The van der Waals surface area contributed by atoms with Crippen molar-refractivity contribution < 1.29 is 14.2 Å². The second-order valence-corrected chi connectivity index (χ2v) is 3.20. The molecule has 3 heteroatoms. The SMILES string of the molecule is COC(OC)C1(C(C)C)CO1. The summed E-state index contributed by atoms with van der Waals surface area (Å²) >= 11 is 0. The molecule has 1 unspecified atom stereocenters. The van der Waals surface area contributed by atoms with Gasteiger partial charge < -0.3 is 14.2 Å². The Hall–Kier alpha value is -0.120. The molecule has 0 bridgehead atoms. The summed E-state index contributed by atoms with van der Waals surface area (Å²) in [5.41, 5.74) is -0.177. The van der Waals surface area contributed by atoms with E-state index in [0.717, 1.165) is 6.61 Å². The maximum Gasteiger partial charge on any atom is 0.188 e. The van der Waals surface area contributed by atoms with Gasteiger partial charge in [0.15, 0.2) is 6.29 Å². The molecule has 1 aliphatic rings. The molecule has 0 aromatic carbocycles. The van der Waals surface area contributed by atoms with Crippen molar-refractivity contribution in [2.45, 2.75) is 25.7 Å². The maximum absolute atomic E-state index is 5.35. The Bertz CT molecular complexity index is 125. The maximum atomic E-state index is 5.35. The van der Waals surface area contributed by atoms with Crippen LogP contribution >= 0.6 is 0 Å². The van der Waals surface area contributed by atoms with Crippen LogP contribution in [-0.4, -0.2) is 32.7 Å². The Kier molecular flexibility index (Phi) is 2.52. The zero-order valence-corrected chi connectivity index (χ0v) is 7.59. The van der Waals surface area contributed by atoms with Crippen molar-refractivity contribution in [3.05, 3.63) is 0 Å². The minimum atomic E-state index is -0.220. The molecule has 0 aromatic heterocycles. The van der Waals surface area contributed by atoms with E-state index in [0.29, 0.717) is 5.92 Å². The summed E-state index contributed by atoms with van der Waals surface area (Å²) in [4.78, 5) is 0. The molecule has 0 N–H and O–H groups in total. The predicted octanol–water partition coefficient (Wildman–Crippen LogP) is 1.03. The summed E-state index contributed by atoms with van der Waals surface area (Å²) in [5.74, 6) is 0.437. The van der Waals surface area contributed by atoms with Gasteiger partial charge in [0, 0.05) is 14.2 Å². The van der Waals surface area contributed by atoms with Crippen LogP contribution in [0.4, 0.5) is 0 Å². The minimum absolute atomic E-state index is 0.177. The van der Waals surface area contributed by atoms with Crippen molar-refractivity contribution in [2.75, 3.05) is 20.8 Å². The fraction of sp³-hybridized carbons (Fsp3) is 1.00. The number of methoxy groups -OCH3 is 2. The van der Waals surface area contributed by atoms with Gasteiger partial charge in [0.05, 0.1) is 6.61 Å². The molecule has 0 radical (unpaired) electrons. The van der Waals surface area contributed by atoms with E-state index < -0.39 is 0 Å². The first-order chi connectivity index (χ1) is 5.17. The zero-order chi connectivity index (χ0) is 8.48. The first-order valence-corrected chi connectivity index (χ1v) is 3.87. The molecule has 0 aliphatic carbocycles. The third-order valence-corrected chi connectivity index (χ3v) is 2.28. The van der Waals surface area contributed by atoms with E-state index in [-0.39, 0.29) is 11.9 Å². The lowest BCUT2D eigenvalue weighted by Gasteiger charge is -2.24. The van der Waals surface area contributed by atoms with Crippen LogP contribution in [-0.2, 0) is 14.2 Å². The molecule has 0 saturated carbocycles. The molecule has 1 aliphatic heterocycles. The summed E-state index contributed by atoms with van der Waals surface area (Å²) in [7, 11) is 3.28. The van der Waals surface area contributed by atoms with Crippen LogP contribution < -0.4 is 0 Å².